The van der Waals surface area contributed by atoms with Crippen LogP contribution in [0.2, 0.25) is 5.02 Å². The van der Waals surface area contributed by atoms with Crippen molar-refractivity contribution in [1.29, 1.82) is 0 Å². The summed E-state index contributed by atoms with van der Waals surface area (Å²) in [6.45, 7) is 1.14. The maximum atomic E-state index is 12.1. The minimum atomic E-state index is -0.238. The summed E-state index contributed by atoms with van der Waals surface area (Å²) >= 11 is 5.86. The van der Waals surface area contributed by atoms with Crippen LogP contribution in [0.5, 0.6) is 0 Å². The van der Waals surface area contributed by atoms with Crippen molar-refractivity contribution in [2.75, 3.05) is 11.9 Å². The van der Waals surface area contributed by atoms with Gasteiger partial charge in [-0.3, -0.25) is 9.67 Å². The van der Waals surface area contributed by atoms with Gasteiger partial charge in [-0.05, 0) is 62.1 Å². The van der Waals surface area contributed by atoms with Crippen LogP contribution in [0.15, 0.2) is 48.8 Å². The third kappa shape index (κ3) is 4.17. The topological polar surface area (TPSA) is 71.8 Å². The van der Waals surface area contributed by atoms with Gasteiger partial charge in [0.25, 0.3) is 0 Å². The third-order valence-electron chi connectivity index (χ3n) is 4.92. The summed E-state index contributed by atoms with van der Waals surface area (Å²) in [7, 11) is 0. The van der Waals surface area contributed by atoms with Gasteiger partial charge in [-0.15, -0.1) is 0 Å². The van der Waals surface area contributed by atoms with Crippen LogP contribution in [0.4, 0.5) is 10.5 Å². The number of pyridine rings is 1. The van der Waals surface area contributed by atoms with E-state index in [1.165, 1.54) is 24.1 Å². The minimum Gasteiger partial charge on any atom is -0.336 e. The highest BCUT2D eigenvalue weighted by Gasteiger charge is 2.21. The molecule has 0 fully saturated rings. The predicted molar refractivity (Wildman–Crippen MR) is 111 cm³/mol. The van der Waals surface area contributed by atoms with E-state index in [2.05, 4.69) is 15.6 Å². The highest BCUT2D eigenvalue weighted by molar-refractivity contribution is 6.30. The molecule has 2 amide bonds. The fourth-order valence-corrected chi connectivity index (χ4v) is 3.71. The number of hydrogen-bond acceptors (Lipinski definition) is 3. The molecule has 0 unspecified atom stereocenters. The van der Waals surface area contributed by atoms with Crippen molar-refractivity contribution >= 4 is 23.3 Å². The molecule has 0 saturated heterocycles. The number of hydrogen-bond donors (Lipinski definition) is 2. The number of nitrogens with zero attached hydrogens (tertiary/aromatic N) is 3. The first-order valence-corrected chi connectivity index (χ1v) is 9.88. The second-order valence-corrected chi connectivity index (χ2v) is 7.26. The van der Waals surface area contributed by atoms with E-state index in [4.69, 9.17) is 16.7 Å². The molecule has 2 aromatic heterocycles. The number of anilines is 1. The van der Waals surface area contributed by atoms with Gasteiger partial charge in [0.1, 0.15) is 0 Å². The van der Waals surface area contributed by atoms with E-state index in [-0.39, 0.29) is 6.03 Å². The molecule has 4 rings (SSSR count). The Labute approximate surface area is 168 Å². The minimum absolute atomic E-state index is 0.238. The van der Waals surface area contributed by atoms with Crippen molar-refractivity contribution in [1.82, 2.24) is 20.1 Å². The molecule has 2 heterocycles. The molecule has 1 aliphatic carbocycles. The molecule has 6 nitrogen and oxygen atoms in total. The summed E-state index contributed by atoms with van der Waals surface area (Å²) in [6, 6.07) is 10.8. The predicted octanol–water partition coefficient (Wildman–Crippen LogP) is 4.30. The summed E-state index contributed by atoms with van der Waals surface area (Å²) in [6.07, 6.45) is 8.05. The quantitative estimate of drug-likeness (QED) is 0.676. The van der Waals surface area contributed by atoms with Gasteiger partial charge >= 0.3 is 6.03 Å². The normalized spacial score (nSPS) is 13.0. The number of carbonyl (C=O) groups excluding carboxylic acids is 1. The lowest BCUT2D eigenvalue weighted by Gasteiger charge is -2.14. The molecule has 7 heteroatoms. The number of carbonyl (C=O) groups is 1. The molecule has 3 aromatic rings. The third-order valence-corrected chi connectivity index (χ3v) is 5.17. The number of nitrogens with one attached hydrogen (secondary N) is 2. The molecule has 144 valence electrons. The lowest BCUT2D eigenvalue weighted by atomic mass is 9.94. The maximum absolute atomic E-state index is 12.1. The molecule has 0 spiro atoms. The summed E-state index contributed by atoms with van der Waals surface area (Å²) in [5.41, 5.74) is 5.47. The van der Waals surface area contributed by atoms with E-state index < -0.39 is 0 Å². The van der Waals surface area contributed by atoms with Gasteiger partial charge in [0, 0.05) is 46.5 Å². The van der Waals surface area contributed by atoms with Crippen molar-refractivity contribution in [2.24, 2.45) is 0 Å². The first kappa shape index (κ1) is 18.5. The Morgan fingerprint density at radius 1 is 1.07 bits per heavy atom. The molecule has 0 saturated carbocycles. The van der Waals surface area contributed by atoms with Gasteiger partial charge in [-0.2, -0.15) is 5.10 Å². The largest absolute Gasteiger partial charge is 0.336 e. The van der Waals surface area contributed by atoms with Crippen molar-refractivity contribution in [2.45, 2.75) is 32.2 Å². The van der Waals surface area contributed by atoms with Crippen molar-refractivity contribution in [3.63, 3.8) is 0 Å². The van der Waals surface area contributed by atoms with Gasteiger partial charge in [0.05, 0.1) is 12.2 Å². The number of amides is 2. The standard InChI is InChI=1S/C21H22ClN5O/c22-16-5-7-17(8-6-16)25-21(28)24-13-14-27-19-4-2-1-3-18(19)20(26-27)15-9-11-23-12-10-15/h5-12H,1-4,13-14H2,(H2,24,25,28). The molecular formula is C21H22ClN5O. The number of halogens is 1. The summed E-state index contributed by atoms with van der Waals surface area (Å²) in [4.78, 5) is 16.2. The van der Waals surface area contributed by atoms with E-state index in [9.17, 15) is 4.79 Å². The van der Waals surface area contributed by atoms with Crippen LogP contribution in [0.25, 0.3) is 11.3 Å². The fraction of sp³-hybridized carbons (Fsp3) is 0.286. The van der Waals surface area contributed by atoms with E-state index in [0.717, 1.165) is 24.1 Å². The number of fused-ring (bicyclic) bond motifs is 1. The van der Waals surface area contributed by atoms with Crippen LogP contribution in [0.3, 0.4) is 0 Å². The van der Waals surface area contributed by atoms with Crippen LogP contribution in [-0.2, 0) is 19.4 Å². The number of urea groups is 1. The average Bonchev–Trinajstić information content (AvgIpc) is 3.09. The molecule has 0 radical (unpaired) electrons. The van der Waals surface area contributed by atoms with Gasteiger partial charge in [-0.25, -0.2) is 4.79 Å². The molecule has 28 heavy (non-hydrogen) atoms. The zero-order chi connectivity index (χ0) is 19.3. The SMILES string of the molecule is O=C(NCCn1nc(-c2ccncc2)c2c1CCCC2)Nc1ccc(Cl)cc1. The second kappa shape index (κ2) is 8.44. The van der Waals surface area contributed by atoms with Crippen LogP contribution >= 0.6 is 11.6 Å². The lowest BCUT2D eigenvalue weighted by Crippen LogP contribution is -2.32. The second-order valence-electron chi connectivity index (χ2n) is 6.83. The molecular weight excluding hydrogens is 374 g/mol. The van der Waals surface area contributed by atoms with Crippen molar-refractivity contribution in [3.05, 3.63) is 65.1 Å². The number of aromatic nitrogens is 3. The zero-order valence-electron chi connectivity index (χ0n) is 15.5. The number of benzene rings is 1. The molecule has 2 N–H and O–H groups in total. The smallest absolute Gasteiger partial charge is 0.319 e. The van der Waals surface area contributed by atoms with Crippen LogP contribution in [0, 0.1) is 0 Å². The molecule has 1 aromatic carbocycles. The zero-order valence-corrected chi connectivity index (χ0v) is 16.2. The van der Waals surface area contributed by atoms with Gasteiger partial charge in [0.2, 0.25) is 0 Å². The van der Waals surface area contributed by atoms with E-state index >= 15 is 0 Å². The molecule has 0 atom stereocenters. The Morgan fingerprint density at radius 2 is 1.82 bits per heavy atom. The maximum Gasteiger partial charge on any atom is 0.319 e. The lowest BCUT2D eigenvalue weighted by molar-refractivity contribution is 0.251. The van der Waals surface area contributed by atoms with Crippen LogP contribution in [0.1, 0.15) is 24.1 Å². The monoisotopic (exact) mass is 395 g/mol. The Bertz CT molecular complexity index is 953. The van der Waals surface area contributed by atoms with E-state index in [0.29, 0.717) is 23.8 Å². The summed E-state index contributed by atoms with van der Waals surface area (Å²) in [5.74, 6) is 0. The van der Waals surface area contributed by atoms with E-state index in [1.807, 2.05) is 16.8 Å². The molecule has 0 aliphatic heterocycles. The van der Waals surface area contributed by atoms with E-state index in [1.54, 1.807) is 36.7 Å². The first-order chi connectivity index (χ1) is 13.7. The average molecular weight is 396 g/mol. The van der Waals surface area contributed by atoms with Crippen LogP contribution in [-0.4, -0.2) is 27.3 Å². The van der Waals surface area contributed by atoms with Gasteiger partial charge < -0.3 is 10.6 Å². The summed E-state index contributed by atoms with van der Waals surface area (Å²) < 4.78 is 2.05. The summed E-state index contributed by atoms with van der Waals surface area (Å²) in [5, 5.41) is 11.2. The Balaban J connectivity index is 1.41. The first-order valence-electron chi connectivity index (χ1n) is 9.50. The Morgan fingerprint density at radius 3 is 2.61 bits per heavy atom. The van der Waals surface area contributed by atoms with Crippen molar-refractivity contribution in [3.8, 4) is 11.3 Å². The van der Waals surface area contributed by atoms with Gasteiger partial charge in [0.15, 0.2) is 0 Å². The Hall–Kier alpha value is -2.86. The van der Waals surface area contributed by atoms with Gasteiger partial charge in [-0.1, -0.05) is 11.6 Å². The van der Waals surface area contributed by atoms with Crippen LogP contribution < -0.4 is 10.6 Å². The molecule has 0 bridgehead atoms. The molecule has 1 aliphatic rings. The Kier molecular flexibility index (Phi) is 5.58. The fourth-order valence-electron chi connectivity index (χ4n) is 3.58. The van der Waals surface area contributed by atoms with Crippen molar-refractivity contribution < 1.29 is 4.79 Å². The highest BCUT2D eigenvalue weighted by atomic mass is 35.5. The highest BCUT2D eigenvalue weighted by Crippen LogP contribution is 2.30. The number of rotatable bonds is 5.